The number of hydrogen-bond acceptors (Lipinski definition) is 3. The first-order valence-electron chi connectivity index (χ1n) is 6.62. The van der Waals surface area contributed by atoms with Crippen LogP contribution in [0.1, 0.15) is 23.6 Å². The second-order valence-corrected chi connectivity index (χ2v) is 4.78. The van der Waals surface area contributed by atoms with Gasteiger partial charge in [-0.1, -0.05) is 12.1 Å². The molecule has 0 bridgehead atoms. The Hall–Kier alpha value is -2.20. The quantitative estimate of drug-likeness (QED) is 0.877. The number of carbonyl (C=O) groups excluding carboxylic acids is 1. The molecule has 0 saturated heterocycles. The van der Waals surface area contributed by atoms with Gasteiger partial charge in [-0.2, -0.15) is 0 Å². The SMILES string of the molecule is CC(=O)Nc1ccc(CNCc2cnccc2C)cc1. The normalized spacial score (nSPS) is 10.3. The Labute approximate surface area is 119 Å². The fraction of sp³-hybridized carbons (Fsp3) is 0.250. The van der Waals surface area contributed by atoms with Crippen molar-refractivity contribution >= 4 is 11.6 Å². The standard InChI is InChI=1S/C16H19N3O/c1-12-7-8-17-10-15(12)11-18-9-14-3-5-16(6-4-14)19-13(2)20/h3-8,10,18H,9,11H2,1-2H3,(H,19,20). The third-order valence-electron chi connectivity index (χ3n) is 3.07. The number of pyridine rings is 1. The summed E-state index contributed by atoms with van der Waals surface area (Å²) in [5.74, 6) is -0.0528. The molecule has 4 nitrogen and oxygen atoms in total. The number of aryl methyl sites for hydroxylation is 1. The van der Waals surface area contributed by atoms with Gasteiger partial charge in [0.15, 0.2) is 0 Å². The molecule has 1 aromatic heterocycles. The molecule has 0 aliphatic carbocycles. The molecule has 0 atom stereocenters. The minimum Gasteiger partial charge on any atom is -0.326 e. The van der Waals surface area contributed by atoms with Gasteiger partial charge in [0.1, 0.15) is 0 Å². The number of nitrogens with one attached hydrogen (secondary N) is 2. The number of benzene rings is 1. The summed E-state index contributed by atoms with van der Waals surface area (Å²) in [6.45, 7) is 5.18. The maximum absolute atomic E-state index is 10.9. The zero-order chi connectivity index (χ0) is 14.4. The van der Waals surface area contributed by atoms with Crippen molar-refractivity contribution in [2.45, 2.75) is 26.9 Å². The summed E-state index contributed by atoms with van der Waals surface area (Å²) in [6, 6.07) is 9.85. The minimum atomic E-state index is -0.0528. The zero-order valence-electron chi connectivity index (χ0n) is 11.8. The highest BCUT2D eigenvalue weighted by atomic mass is 16.1. The van der Waals surface area contributed by atoms with Gasteiger partial charge in [0.25, 0.3) is 0 Å². The molecule has 4 heteroatoms. The highest BCUT2D eigenvalue weighted by Gasteiger charge is 1.99. The van der Waals surface area contributed by atoms with E-state index in [2.05, 4.69) is 22.5 Å². The molecule has 2 rings (SSSR count). The molecule has 0 aliphatic heterocycles. The number of anilines is 1. The molecule has 2 N–H and O–H groups in total. The van der Waals surface area contributed by atoms with Gasteiger partial charge in [-0.3, -0.25) is 9.78 Å². The van der Waals surface area contributed by atoms with Gasteiger partial charge in [0, 0.05) is 38.1 Å². The molecular formula is C16H19N3O. The lowest BCUT2D eigenvalue weighted by atomic mass is 10.1. The van der Waals surface area contributed by atoms with Crippen molar-refractivity contribution in [2.24, 2.45) is 0 Å². The first-order chi connectivity index (χ1) is 9.65. The van der Waals surface area contributed by atoms with Gasteiger partial charge in [-0.05, 0) is 41.8 Å². The van der Waals surface area contributed by atoms with E-state index in [1.54, 1.807) is 6.20 Å². The lowest BCUT2D eigenvalue weighted by Gasteiger charge is -2.08. The topological polar surface area (TPSA) is 54.0 Å². The molecule has 0 unspecified atom stereocenters. The Balaban J connectivity index is 1.85. The molecule has 2 aromatic rings. The van der Waals surface area contributed by atoms with Crippen LogP contribution in [0.4, 0.5) is 5.69 Å². The van der Waals surface area contributed by atoms with Crippen molar-refractivity contribution in [3.05, 3.63) is 59.4 Å². The van der Waals surface area contributed by atoms with Crippen LogP contribution in [-0.4, -0.2) is 10.9 Å². The number of nitrogens with zero attached hydrogens (tertiary/aromatic N) is 1. The van der Waals surface area contributed by atoms with Crippen LogP contribution in [0, 0.1) is 6.92 Å². The average Bonchev–Trinajstić information content (AvgIpc) is 2.42. The first kappa shape index (κ1) is 14.2. The van der Waals surface area contributed by atoms with Crippen molar-refractivity contribution < 1.29 is 4.79 Å². The maximum Gasteiger partial charge on any atom is 0.221 e. The van der Waals surface area contributed by atoms with E-state index in [0.717, 1.165) is 18.8 Å². The van der Waals surface area contributed by atoms with Gasteiger partial charge >= 0.3 is 0 Å². The van der Waals surface area contributed by atoms with Crippen LogP contribution in [-0.2, 0) is 17.9 Å². The second-order valence-electron chi connectivity index (χ2n) is 4.78. The van der Waals surface area contributed by atoms with Crippen molar-refractivity contribution in [3.8, 4) is 0 Å². The maximum atomic E-state index is 10.9. The van der Waals surface area contributed by atoms with E-state index < -0.39 is 0 Å². The van der Waals surface area contributed by atoms with E-state index in [1.165, 1.54) is 23.6 Å². The van der Waals surface area contributed by atoms with Crippen molar-refractivity contribution in [3.63, 3.8) is 0 Å². The fourth-order valence-corrected chi connectivity index (χ4v) is 1.93. The van der Waals surface area contributed by atoms with Crippen LogP contribution in [0.3, 0.4) is 0 Å². The molecule has 0 spiro atoms. The second kappa shape index (κ2) is 6.82. The van der Waals surface area contributed by atoms with E-state index in [-0.39, 0.29) is 5.91 Å². The third kappa shape index (κ3) is 4.17. The van der Waals surface area contributed by atoms with Crippen molar-refractivity contribution in [1.82, 2.24) is 10.3 Å². The summed E-state index contributed by atoms with van der Waals surface area (Å²) < 4.78 is 0. The summed E-state index contributed by atoms with van der Waals surface area (Å²) in [5.41, 5.74) is 4.46. The Kier molecular flexibility index (Phi) is 4.85. The van der Waals surface area contributed by atoms with E-state index in [0.29, 0.717) is 0 Å². The predicted octanol–water partition coefficient (Wildman–Crippen LogP) is 2.64. The average molecular weight is 269 g/mol. The van der Waals surface area contributed by atoms with E-state index in [1.807, 2.05) is 36.5 Å². The monoisotopic (exact) mass is 269 g/mol. The van der Waals surface area contributed by atoms with Gasteiger partial charge in [0.05, 0.1) is 0 Å². The summed E-state index contributed by atoms with van der Waals surface area (Å²) in [5, 5.41) is 6.15. The number of rotatable bonds is 5. The van der Waals surface area contributed by atoms with Crippen LogP contribution < -0.4 is 10.6 Å². The molecule has 20 heavy (non-hydrogen) atoms. The fourth-order valence-electron chi connectivity index (χ4n) is 1.93. The van der Waals surface area contributed by atoms with E-state index in [4.69, 9.17) is 0 Å². The largest absolute Gasteiger partial charge is 0.326 e. The number of carbonyl (C=O) groups is 1. The third-order valence-corrected chi connectivity index (χ3v) is 3.07. The highest BCUT2D eigenvalue weighted by Crippen LogP contribution is 2.10. The number of aromatic nitrogens is 1. The van der Waals surface area contributed by atoms with Crippen molar-refractivity contribution in [2.75, 3.05) is 5.32 Å². The van der Waals surface area contributed by atoms with Gasteiger partial charge in [0.2, 0.25) is 5.91 Å². The summed E-state index contributed by atoms with van der Waals surface area (Å²) in [6.07, 6.45) is 3.70. The minimum absolute atomic E-state index is 0.0528. The molecule has 104 valence electrons. The molecule has 1 aromatic carbocycles. The van der Waals surface area contributed by atoms with Crippen molar-refractivity contribution in [1.29, 1.82) is 0 Å². The summed E-state index contributed by atoms with van der Waals surface area (Å²) >= 11 is 0. The molecule has 0 aliphatic rings. The highest BCUT2D eigenvalue weighted by molar-refractivity contribution is 5.88. The molecule has 0 radical (unpaired) electrons. The Morgan fingerprint density at radius 2 is 1.90 bits per heavy atom. The lowest BCUT2D eigenvalue weighted by Crippen LogP contribution is -2.13. The molecular weight excluding hydrogens is 250 g/mol. The Morgan fingerprint density at radius 3 is 2.55 bits per heavy atom. The molecule has 1 amide bonds. The first-order valence-corrected chi connectivity index (χ1v) is 6.62. The van der Waals surface area contributed by atoms with Crippen LogP contribution >= 0.6 is 0 Å². The number of amides is 1. The van der Waals surface area contributed by atoms with E-state index >= 15 is 0 Å². The lowest BCUT2D eigenvalue weighted by molar-refractivity contribution is -0.114. The predicted molar refractivity (Wildman–Crippen MR) is 80.3 cm³/mol. The number of hydrogen-bond donors (Lipinski definition) is 2. The Morgan fingerprint density at radius 1 is 1.15 bits per heavy atom. The van der Waals surface area contributed by atoms with Crippen LogP contribution in [0.2, 0.25) is 0 Å². The van der Waals surface area contributed by atoms with E-state index in [9.17, 15) is 4.79 Å². The zero-order valence-corrected chi connectivity index (χ0v) is 11.8. The summed E-state index contributed by atoms with van der Waals surface area (Å²) in [7, 11) is 0. The molecule has 0 saturated carbocycles. The smallest absolute Gasteiger partial charge is 0.221 e. The molecule has 0 fully saturated rings. The van der Waals surface area contributed by atoms with Crippen LogP contribution in [0.5, 0.6) is 0 Å². The van der Waals surface area contributed by atoms with Crippen LogP contribution in [0.15, 0.2) is 42.7 Å². The Bertz CT molecular complexity index is 579. The van der Waals surface area contributed by atoms with Gasteiger partial charge in [-0.15, -0.1) is 0 Å². The van der Waals surface area contributed by atoms with Gasteiger partial charge in [-0.25, -0.2) is 0 Å². The van der Waals surface area contributed by atoms with Gasteiger partial charge < -0.3 is 10.6 Å². The summed E-state index contributed by atoms with van der Waals surface area (Å²) in [4.78, 5) is 15.1. The van der Waals surface area contributed by atoms with Crippen LogP contribution in [0.25, 0.3) is 0 Å². The molecule has 1 heterocycles.